The van der Waals surface area contributed by atoms with Crippen LogP contribution in [0.1, 0.15) is 5.56 Å². The molecule has 1 aliphatic rings. The molecule has 0 fully saturated rings. The minimum absolute atomic E-state index is 0.0412. The summed E-state index contributed by atoms with van der Waals surface area (Å²) in [4.78, 5) is 11.5. The molecule has 5 heteroatoms. The molecule has 0 bridgehead atoms. The van der Waals surface area contributed by atoms with Crippen LogP contribution in [0.25, 0.3) is 0 Å². The van der Waals surface area contributed by atoms with E-state index >= 15 is 0 Å². The van der Waals surface area contributed by atoms with Crippen molar-refractivity contribution in [3.05, 3.63) is 36.4 Å². The summed E-state index contributed by atoms with van der Waals surface area (Å²) >= 11 is 0. The molecule has 1 heterocycles. The van der Waals surface area contributed by atoms with Gasteiger partial charge < -0.3 is 24.3 Å². The molecule has 1 aromatic carbocycles. The van der Waals surface area contributed by atoms with Crippen molar-refractivity contribution in [1.29, 1.82) is 0 Å². The second-order valence-corrected chi connectivity index (χ2v) is 4.16. The van der Waals surface area contributed by atoms with Gasteiger partial charge >= 0.3 is 0 Å². The fourth-order valence-corrected chi connectivity index (χ4v) is 1.95. The number of hydrogen-bond acceptors (Lipinski definition) is 4. The Labute approximate surface area is 105 Å². The zero-order valence-corrected chi connectivity index (χ0v) is 9.98. The fraction of sp³-hybridized carbons (Fsp3) is 0.308. The van der Waals surface area contributed by atoms with Crippen LogP contribution in [0.15, 0.2) is 30.9 Å². The Balaban J connectivity index is 2.06. The van der Waals surface area contributed by atoms with Gasteiger partial charge in [-0.15, -0.1) is 0 Å². The summed E-state index contributed by atoms with van der Waals surface area (Å²) in [7, 11) is 0. The van der Waals surface area contributed by atoms with Crippen molar-refractivity contribution in [3.8, 4) is 11.5 Å². The van der Waals surface area contributed by atoms with Gasteiger partial charge in [0.05, 0.1) is 12.5 Å². The van der Waals surface area contributed by atoms with Gasteiger partial charge in [-0.05, 0) is 24.3 Å². The van der Waals surface area contributed by atoms with Gasteiger partial charge in [-0.3, -0.25) is 0 Å². The van der Waals surface area contributed by atoms with Gasteiger partial charge in [0.2, 0.25) is 6.79 Å². The highest BCUT2D eigenvalue weighted by Gasteiger charge is 2.15. The standard InChI is InChI=1S/C13H15NO4/c1-2-5-14(8-13(15)16)7-10-3-4-11-12(6-10)18-9-17-11/h2-4,6H,1,5,7-9H2,(H,15,16). The number of benzene rings is 1. The molecule has 5 nitrogen and oxygen atoms in total. The van der Waals surface area contributed by atoms with Crippen molar-refractivity contribution in [2.75, 3.05) is 19.9 Å². The molecule has 1 aliphatic heterocycles. The molecule has 96 valence electrons. The van der Waals surface area contributed by atoms with Gasteiger partial charge in [0.1, 0.15) is 13.1 Å². The van der Waals surface area contributed by atoms with E-state index in [4.69, 9.17) is 9.47 Å². The number of carbonyl (C=O) groups excluding carboxylic acids is 1. The lowest BCUT2D eigenvalue weighted by atomic mass is 10.2. The number of ether oxygens (including phenoxy) is 2. The van der Waals surface area contributed by atoms with Crippen LogP contribution in [-0.2, 0) is 11.3 Å². The lowest BCUT2D eigenvalue weighted by Gasteiger charge is -2.18. The number of fused-ring (bicyclic) bond motifs is 1. The average Bonchev–Trinajstić information content (AvgIpc) is 2.75. The van der Waals surface area contributed by atoms with Crippen LogP contribution in [0.4, 0.5) is 0 Å². The van der Waals surface area contributed by atoms with E-state index < -0.39 is 5.97 Å². The molecular formula is C13H15NO4. The van der Waals surface area contributed by atoms with Crippen LogP contribution in [0, 0.1) is 0 Å². The molecule has 0 amide bonds. The maximum atomic E-state index is 10.7. The minimum atomic E-state index is -1.06. The second kappa shape index (κ2) is 5.55. The molecule has 1 aromatic rings. The maximum Gasteiger partial charge on any atom is 0.231 e. The van der Waals surface area contributed by atoms with Crippen molar-refractivity contribution in [2.45, 2.75) is 6.54 Å². The largest absolute Gasteiger partial charge is 0.544 e. The van der Waals surface area contributed by atoms with Gasteiger partial charge in [0.15, 0.2) is 11.5 Å². The Morgan fingerprint density at radius 2 is 2.22 bits per heavy atom. The number of hydrogen-bond donors (Lipinski definition) is 1. The van der Waals surface area contributed by atoms with E-state index in [2.05, 4.69) is 6.58 Å². The number of carbonyl (C=O) groups is 1. The summed E-state index contributed by atoms with van der Waals surface area (Å²) in [5.74, 6) is 0.371. The van der Waals surface area contributed by atoms with Crippen LogP contribution in [0.2, 0.25) is 0 Å². The first kappa shape index (κ1) is 12.4. The van der Waals surface area contributed by atoms with Gasteiger partial charge in [-0.1, -0.05) is 6.58 Å². The number of quaternary nitrogens is 1. The summed E-state index contributed by atoms with van der Waals surface area (Å²) in [6.07, 6.45) is 1.70. The molecule has 0 saturated heterocycles. The summed E-state index contributed by atoms with van der Waals surface area (Å²) in [6.45, 7) is 4.98. The van der Waals surface area contributed by atoms with E-state index in [1.807, 2.05) is 18.2 Å². The maximum absolute atomic E-state index is 10.7. The number of carboxylic acid groups (broad SMARTS) is 1. The molecule has 0 radical (unpaired) electrons. The quantitative estimate of drug-likeness (QED) is 0.639. The molecule has 0 saturated carbocycles. The Morgan fingerprint density at radius 3 is 2.94 bits per heavy atom. The van der Waals surface area contributed by atoms with E-state index in [-0.39, 0.29) is 13.3 Å². The van der Waals surface area contributed by atoms with Crippen LogP contribution in [0.3, 0.4) is 0 Å². The van der Waals surface area contributed by atoms with Crippen molar-refractivity contribution in [2.24, 2.45) is 0 Å². The van der Waals surface area contributed by atoms with Crippen LogP contribution >= 0.6 is 0 Å². The second-order valence-electron chi connectivity index (χ2n) is 4.16. The van der Waals surface area contributed by atoms with E-state index in [0.29, 0.717) is 18.8 Å². The summed E-state index contributed by atoms with van der Waals surface area (Å²) in [5.41, 5.74) is 0.998. The van der Waals surface area contributed by atoms with Crippen LogP contribution in [0.5, 0.6) is 11.5 Å². The molecule has 1 unspecified atom stereocenters. The average molecular weight is 249 g/mol. The lowest BCUT2D eigenvalue weighted by molar-refractivity contribution is -0.902. The van der Waals surface area contributed by atoms with E-state index in [1.54, 1.807) is 6.08 Å². The highest BCUT2D eigenvalue weighted by Crippen LogP contribution is 2.32. The van der Waals surface area contributed by atoms with Crippen LogP contribution in [-0.4, -0.2) is 25.9 Å². The Kier molecular flexibility index (Phi) is 3.84. The van der Waals surface area contributed by atoms with E-state index in [0.717, 1.165) is 16.2 Å². The summed E-state index contributed by atoms with van der Waals surface area (Å²) < 4.78 is 10.5. The number of rotatable bonds is 6. The lowest BCUT2D eigenvalue weighted by Crippen LogP contribution is -3.11. The zero-order chi connectivity index (χ0) is 13.0. The molecule has 0 spiro atoms. The van der Waals surface area contributed by atoms with Crippen molar-refractivity contribution in [1.82, 2.24) is 0 Å². The first-order chi connectivity index (χ1) is 8.69. The normalized spacial score (nSPS) is 14.2. The SMILES string of the molecule is C=CC[NH+](CC(=O)[O-])Cc1ccc2c(c1)OCO2. The number of carboxylic acids is 1. The summed E-state index contributed by atoms with van der Waals surface area (Å²) in [6, 6.07) is 5.62. The molecular weight excluding hydrogens is 234 g/mol. The minimum Gasteiger partial charge on any atom is -0.544 e. The monoisotopic (exact) mass is 249 g/mol. The zero-order valence-electron chi connectivity index (χ0n) is 9.98. The van der Waals surface area contributed by atoms with Crippen molar-refractivity contribution < 1.29 is 24.3 Å². The highest BCUT2D eigenvalue weighted by atomic mass is 16.7. The molecule has 18 heavy (non-hydrogen) atoms. The predicted molar refractivity (Wildman–Crippen MR) is 62.2 cm³/mol. The smallest absolute Gasteiger partial charge is 0.231 e. The van der Waals surface area contributed by atoms with Crippen molar-refractivity contribution in [3.63, 3.8) is 0 Å². The molecule has 0 aliphatic carbocycles. The predicted octanol–water partition coefficient (Wildman–Crippen LogP) is -1.26. The number of nitrogens with one attached hydrogen (secondary N) is 1. The Hall–Kier alpha value is -2.01. The van der Waals surface area contributed by atoms with E-state index in [9.17, 15) is 9.90 Å². The highest BCUT2D eigenvalue weighted by molar-refractivity contribution is 5.65. The fourth-order valence-electron chi connectivity index (χ4n) is 1.95. The third kappa shape index (κ3) is 3.01. The number of aliphatic carboxylic acids is 1. The van der Waals surface area contributed by atoms with Gasteiger partial charge in [0.25, 0.3) is 0 Å². The summed E-state index contributed by atoms with van der Waals surface area (Å²) in [5, 5.41) is 10.7. The topological polar surface area (TPSA) is 63.0 Å². The molecule has 0 aromatic heterocycles. The third-order valence-electron chi connectivity index (χ3n) is 2.72. The van der Waals surface area contributed by atoms with E-state index in [1.165, 1.54) is 0 Å². The first-order valence-corrected chi connectivity index (χ1v) is 5.72. The Morgan fingerprint density at radius 1 is 1.44 bits per heavy atom. The van der Waals surface area contributed by atoms with Crippen molar-refractivity contribution >= 4 is 5.97 Å². The molecule has 2 rings (SSSR count). The Bertz CT molecular complexity index is 458. The molecule has 1 atom stereocenters. The molecule has 1 N–H and O–H groups in total. The van der Waals surface area contributed by atoms with Gasteiger partial charge in [-0.2, -0.15) is 0 Å². The van der Waals surface area contributed by atoms with Gasteiger partial charge in [0, 0.05) is 5.56 Å². The van der Waals surface area contributed by atoms with Crippen LogP contribution < -0.4 is 19.5 Å². The van der Waals surface area contributed by atoms with Gasteiger partial charge in [-0.25, -0.2) is 0 Å². The third-order valence-corrected chi connectivity index (χ3v) is 2.72. The first-order valence-electron chi connectivity index (χ1n) is 5.72.